The largest absolute Gasteiger partial charge is 0.325 e. The minimum Gasteiger partial charge on any atom is -0.325 e. The van der Waals surface area contributed by atoms with Crippen LogP contribution in [0.15, 0.2) is 33.8 Å². The lowest BCUT2D eigenvalue weighted by Crippen LogP contribution is -2.69. The summed E-state index contributed by atoms with van der Waals surface area (Å²) in [6, 6.07) is 7.75. The Morgan fingerprint density at radius 3 is 2.85 bits per heavy atom. The molecule has 3 aliphatic rings. The number of amides is 2. The number of carbonyl (C=O) groups excluding carboxylic acids is 2. The summed E-state index contributed by atoms with van der Waals surface area (Å²) in [4.78, 5) is 29.7. The molecule has 1 aromatic rings. The highest BCUT2D eigenvalue weighted by Crippen LogP contribution is 2.35. The third kappa shape index (κ3) is 3.42. The van der Waals surface area contributed by atoms with E-state index in [1.807, 2.05) is 24.3 Å². The summed E-state index contributed by atoms with van der Waals surface area (Å²) < 4.78 is 0.900. The van der Waals surface area contributed by atoms with Crippen molar-refractivity contribution in [1.29, 1.82) is 0 Å². The normalized spacial score (nSPS) is 26.8. The Labute approximate surface area is 167 Å². The zero-order valence-corrected chi connectivity index (χ0v) is 16.9. The van der Waals surface area contributed by atoms with E-state index >= 15 is 0 Å². The van der Waals surface area contributed by atoms with Crippen molar-refractivity contribution in [1.82, 2.24) is 15.2 Å². The number of anilines is 1. The van der Waals surface area contributed by atoms with Crippen LogP contribution >= 0.6 is 15.9 Å². The van der Waals surface area contributed by atoms with Gasteiger partial charge in [-0.3, -0.25) is 15.0 Å². The number of nitrogens with zero attached hydrogens (tertiary/aromatic N) is 3. The molecule has 0 bridgehead atoms. The van der Waals surface area contributed by atoms with Gasteiger partial charge >= 0.3 is 0 Å². The van der Waals surface area contributed by atoms with E-state index in [2.05, 4.69) is 43.6 Å². The molecule has 2 fully saturated rings. The predicted molar refractivity (Wildman–Crippen MR) is 107 cm³/mol. The summed E-state index contributed by atoms with van der Waals surface area (Å²) in [6.07, 6.45) is 4.51. The monoisotopic (exact) mass is 433 g/mol. The van der Waals surface area contributed by atoms with Gasteiger partial charge in [0.15, 0.2) is 6.17 Å². The zero-order chi connectivity index (χ0) is 19.0. The first-order valence-corrected chi connectivity index (χ1v) is 10.3. The summed E-state index contributed by atoms with van der Waals surface area (Å²) in [6.45, 7) is 2.13. The van der Waals surface area contributed by atoms with Gasteiger partial charge in [-0.1, -0.05) is 41.8 Å². The molecule has 4 rings (SSSR count). The Kier molecular flexibility index (Phi) is 5.08. The van der Waals surface area contributed by atoms with Gasteiger partial charge in [-0.25, -0.2) is 0 Å². The van der Waals surface area contributed by atoms with E-state index in [1.165, 1.54) is 0 Å². The maximum Gasteiger partial charge on any atom is 0.268 e. The average Bonchev–Trinajstić information content (AvgIpc) is 3.09. The van der Waals surface area contributed by atoms with Crippen LogP contribution in [0.25, 0.3) is 0 Å². The molecule has 1 aliphatic carbocycles. The molecule has 2 heterocycles. The van der Waals surface area contributed by atoms with E-state index in [0.29, 0.717) is 0 Å². The lowest BCUT2D eigenvalue weighted by atomic mass is 9.85. The topological polar surface area (TPSA) is 77.0 Å². The molecular formula is C19H24BrN5O2. The molecule has 8 heteroatoms. The van der Waals surface area contributed by atoms with Gasteiger partial charge in [0.25, 0.3) is 5.91 Å². The molecule has 144 valence electrons. The minimum absolute atomic E-state index is 0.0604. The smallest absolute Gasteiger partial charge is 0.268 e. The fourth-order valence-corrected chi connectivity index (χ4v) is 4.84. The zero-order valence-electron chi connectivity index (χ0n) is 15.3. The van der Waals surface area contributed by atoms with Crippen molar-refractivity contribution in [2.24, 2.45) is 5.10 Å². The lowest BCUT2D eigenvalue weighted by molar-refractivity contribution is -0.151. The minimum atomic E-state index is -0.474. The van der Waals surface area contributed by atoms with E-state index < -0.39 is 6.17 Å². The number of carbonyl (C=O) groups is 2. The Balaban J connectivity index is 1.52. The number of fused-ring (bicyclic) bond motifs is 3. The first-order chi connectivity index (χ1) is 13.1. The molecule has 1 saturated heterocycles. The number of halogens is 1. The number of piperazine rings is 1. The summed E-state index contributed by atoms with van der Waals surface area (Å²) in [5.74, 6) is 0.715. The molecular weight excluding hydrogens is 410 g/mol. The van der Waals surface area contributed by atoms with Crippen molar-refractivity contribution in [3.8, 4) is 0 Å². The second-order valence-corrected chi connectivity index (χ2v) is 8.18. The van der Waals surface area contributed by atoms with Gasteiger partial charge in [0.1, 0.15) is 12.4 Å². The lowest BCUT2D eigenvalue weighted by Gasteiger charge is -2.51. The third-order valence-electron chi connectivity index (χ3n) is 5.60. The number of hydrazone groups is 1. The molecule has 2 N–H and O–H groups in total. The van der Waals surface area contributed by atoms with Gasteiger partial charge in [-0.2, -0.15) is 5.10 Å². The molecule has 0 radical (unpaired) electrons. The molecule has 3 atom stereocenters. The number of benzene rings is 1. The first-order valence-electron chi connectivity index (χ1n) is 9.55. The molecule has 2 aliphatic heterocycles. The van der Waals surface area contributed by atoms with Crippen LogP contribution in [0.2, 0.25) is 0 Å². The number of rotatable bonds is 4. The number of hydrogen-bond acceptors (Lipinski definition) is 5. The first kappa shape index (κ1) is 18.3. The van der Waals surface area contributed by atoms with E-state index in [4.69, 9.17) is 0 Å². The molecule has 1 saturated carbocycles. The van der Waals surface area contributed by atoms with Crippen molar-refractivity contribution < 1.29 is 9.59 Å². The SMILES string of the molecule is CCC1=NNC2C(=O)N(CC(=O)Nc3cccc(Br)c3)C3CCCCC3N12. The van der Waals surface area contributed by atoms with Gasteiger partial charge in [-0.05, 0) is 31.0 Å². The molecule has 3 unspecified atom stereocenters. The van der Waals surface area contributed by atoms with Crippen molar-refractivity contribution in [2.45, 2.75) is 57.3 Å². The number of nitrogens with one attached hydrogen (secondary N) is 2. The molecule has 0 aromatic heterocycles. The van der Waals surface area contributed by atoms with Crippen molar-refractivity contribution in [3.05, 3.63) is 28.7 Å². The van der Waals surface area contributed by atoms with Gasteiger partial charge in [0.2, 0.25) is 5.91 Å². The Morgan fingerprint density at radius 2 is 2.11 bits per heavy atom. The summed E-state index contributed by atoms with van der Waals surface area (Å²) >= 11 is 3.41. The van der Waals surface area contributed by atoms with E-state index in [1.54, 1.807) is 4.90 Å². The molecule has 2 amide bonds. The Hall–Kier alpha value is -2.09. The fourth-order valence-electron chi connectivity index (χ4n) is 4.44. The van der Waals surface area contributed by atoms with Crippen molar-refractivity contribution in [2.75, 3.05) is 11.9 Å². The maximum absolute atomic E-state index is 13.1. The second-order valence-electron chi connectivity index (χ2n) is 7.26. The highest BCUT2D eigenvalue weighted by molar-refractivity contribution is 9.10. The van der Waals surface area contributed by atoms with Crippen LogP contribution in [0, 0.1) is 0 Å². The second kappa shape index (κ2) is 7.50. The van der Waals surface area contributed by atoms with Crippen LogP contribution in [0.3, 0.4) is 0 Å². The summed E-state index contributed by atoms with van der Waals surface area (Å²) in [5, 5.41) is 7.27. The molecule has 0 spiro atoms. The summed E-state index contributed by atoms with van der Waals surface area (Å²) in [7, 11) is 0. The Bertz CT molecular complexity index is 783. The molecule has 7 nitrogen and oxygen atoms in total. The highest BCUT2D eigenvalue weighted by Gasteiger charge is 2.50. The number of amidine groups is 1. The van der Waals surface area contributed by atoms with Crippen LogP contribution in [-0.4, -0.2) is 52.2 Å². The number of hydrogen-bond donors (Lipinski definition) is 2. The summed E-state index contributed by atoms with van der Waals surface area (Å²) in [5.41, 5.74) is 3.71. The maximum atomic E-state index is 13.1. The van der Waals surface area contributed by atoms with Crippen LogP contribution in [0.1, 0.15) is 39.0 Å². The average molecular weight is 434 g/mol. The van der Waals surface area contributed by atoms with Gasteiger partial charge < -0.3 is 15.1 Å². The fraction of sp³-hybridized carbons (Fsp3) is 0.526. The van der Waals surface area contributed by atoms with Crippen molar-refractivity contribution >= 4 is 39.3 Å². The van der Waals surface area contributed by atoms with Crippen molar-refractivity contribution in [3.63, 3.8) is 0 Å². The van der Waals surface area contributed by atoms with Gasteiger partial charge in [-0.15, -0.1) is 0 Å². The predicted octanol–water partition coefficient (Wildman–Crippen LogP) is 2.50. The van der Waals surface area contributed by atoms with Gasteiger partial charge in [0, 0.05) is 16.6 Å². The Morgan fingerprint density at radius 1 is 1.33 bits per heavy atom. The van der Waals surface area contributed by atoms with Crippen LogP contribution in [0.5, 0.6) is 0 Å². The third-order valence-corrected chi connectivity index (χ3v) is 6.09. The highest BCUT2D eigenvalue weighted by atomic mass is 79.9. The van der Waals surface area contributed by atoms with Crippen LogP contribution < -0.4 is 10.7 Å². The molecule has 1 aromatic carbocycles. The van der Waals surface area contributed by atoms with Crippen LogP contribution in [0.4, 0.5) is 5.69 Å². The standard InChI is InChI=1S/C19H24BrN5O2/c1-2-16-22-23-18-19(27)24(14-8-3-4-9-15(14)25(16)18)11-17(26)21-13-7-5-6-12(20)10-13/h5-7,10,14-15,18,23H,2-4,8-9,11H2,1H3,(H,21,26). The van der Waals surface area contributed by atoms with Crippen LogP contribution in [-0.2, 0) is 9.59 Å². The van der Waals surface area contributed by atoms with E-state index in [0.717, 1.165) is 48.1 Å². The van der Waals surface area contributed by atoms with E-state index in [-0.39, 0.29) is 30.4 Å². The molecule has 27 heavy (non-hydrogen) atoms. The van der Waals surface area contributed by atoms with Gasteiger partial charge in [0.05, 0.1) is 12.1 Å². The quantitative estimate of drug-likeness (QED) is 0.764. The van der Waals surface area contributed by atoms with E-state index in [9.17, 15) is 9.59 Å².